The highest BCUT2D eigenvalue weighted by Gasteiger charge is 2.60. The Morgan fingerprint density at radius 1 is 1.70 bits per heavy atom. The molecule has 0 amide bonds. The van der Waals surface area contributed by atoms with E-state index >= 15 is 0 Å². The van der Waals surface area contributed by atoms with Crippen LogP contribution in [-0.2, 0) is 4.79 Å². The average Bonchev–Trinajstić information content (AvgIpc) is 2.61. The zero-order valence-electron chi connectivity index (χ0n) is 5.76. The minimum Gasteiger partial charge on any atom is -0.480 e. The van der Waals surface area contributed by atoms with E-state index in [1.807, 2.05) is 0 Å². The Balaban J connectivity index is 2.12. The van der Waals surface area contributed by atoms with Crippen LogP contribution < -0.4 is 5.32 Å². The predicted molar refractivity (Wildman–Crippen MR) is 35.7 cm³/mol. The van der Waals surface area contributed by atoms with Gasteiger partial charge in [0.15, 0.2) is 0 Å². The number of nitrogens with one attached hydrogen (secondary N) is 1. The van der Waals surface area contributed by atoms with Crippen LogP contribution in [0, 0.1) is 5.92 Å². The van der Waals surface area contributed by atoms with Gasteiger partial charge < -0.3 is 10.4 Å². The molecule has 1 unspecified atom stereocenters. The second kappa shape index (κ2) is 1.72. The molecule has 10 heavy (non-hydrogen) atoms. The van der Waals surface area contributed by atoms with Crippen molar-refractivity contribution in [2.45, 2.75) is 24.8 Å². The Labute approximate surface area is 59.4 Å². The molecule has 0 aromatic heterocycles. The number of hydrogen-bond acceptors (Lipinski definition) is 2. The van der Waals surface area contributed by atoms with E-state index in [9.17, 15) is 4.79 Å². The largest absolute Gasteiger partial charge is 0.480 e. The minimum atomic E-state index is -0.655. The third-order valence-electron chi connectivity index (χ3n) is 2.66. The van der Waals surface area contributed by atoms with E-state index in [1.54, 1.807) is 0 Å². The van der Waals surface area contributed by atoms with E-state index in [0.717, 1.165) is 25.8 Å². The second-order valence-corrected chi connectivity index (χ2v) is 3.25. The van der Waals surface area contributed by atoms with Crippen LogP contribution in [0.5, 0.6) is 0 Å². The molecule has 1 saturated heterocycles. The first-order valence-electron chi connectivity index (χ1n) is 3.74. The predicted octanol–water partition coefficient (Wildman–Crippen LogP) is 0.213. The molecule has 0 spiro atoms. The Bertz CT molecular complexity index is 180. The van der Waals surface area contributed by atoms with Gasteiger partial charge in [0, 0.05) is 0 Å². The van der Waals surface area contributed by atoms with E-state index < -0.39 is 11.5 Å². The summed E-state index contributed by atoms with van der Waals surface area (Å²) in [5, 5.41) is 11.8. The Morgan fingerprint density at radius 3 is 3.00 bits per heavy atom. The summed E-state index contributed by atoms with van der Waals surface area (Å²) in [6.45, 7) is 0.878. The van der Waals surface area contributed by atoms with Gasteiger partial charge in [-0.15, -0.1) is 0 Å². The lowest BCUT2D eigenvalue weighted by atomic mass is 10.1. The van der Waals surface area contributed by atoms with Crippen molar-refractivity contribution < 1.29 is 9.90 Å². The monoisotopic (exact) mass is 141 g/mol. The first kappa shape index (κ1) is 6.16. The molecule has 1 heterocycles. The van der Waals surface area contributed by atoms with Crippen LogP contribution in [0.15, 0.2) is 0 Å². The van der Waals surface area contributed by atoms with E-state index in [0.29, 0.717) is 5.92 Å². The first-order valence-corrected chi connectivity index (χ1v) is 3.74. The Hall–Kier alpha value is -0.570. The number of carbonyl (C=O) groups is 1. The Kier molecular flexibility index (Phi) is 1.06. The number of piperidine rings is 1. The zero-order valence-corrected chi connectivity index (χ0v) is 5.76. The lowest BCUT2D eigenvalue weighted by Gasteiger charge is -2.18. The van der Waals surface area contributed by atoms with Crippen molar-refractivity contribution in [2.75, 3.05) is 6.54 Å². The molecule has 0 bridgehead atoms. The molecular formula is C7H11NO2. The van der Waals surface area contributed by atoms with Gasteiger partial charge in [-0.25, -0.2) is 0 Å². The van der Waals surface area contributed by atoms with Gasteiger partial charge in [-0.1, -0.05) is 0 Å². The quantitative estimate of drug-likeness (QED) is 0.549. The van der Waals surface area contributed by atoms with Crippen LogP contribution >= 0.6 is 0 Å². The molecule has 1 aliphatic heterocycles. The molecule has 3 nitrogen and oxygen atoms in total. The van der Waals surface area contributed by atoms with Gasteiger partial charge in [0.1, 0.15) is 5.54 Å². The van der Waals surface area contributed by atoms with Crippen LogP contribution in [0.25, 0.3) is 0 Å². The number of hydrogen-bond donors (Lipinski definition) is 2. The topological polar surface area (TPSA) is 49.3 Å². The summed E-state index contributed by atoms with van der Waals surface area (Å²) in [4.78, 5) is 10.7. The van der Waals surface area contributed by atoms with Gasteiger partial charge in [0.05, 0.1) is 0 Å². The highest BCUT2D eigenvalue weighted by molar-refractivity contribution is 5.83. The molecular weight excluding hydrogens is 130 g/mol. The summed E-state index contributed by atoms with van der Waals surface area (Å²) in [5.41, 5.74) is -0.488. The fourth-order valence-corrected chi connectivity index (χ4v) is 1.89. The smallest absolute Gasteiger partial charge is 0.324 e. The minimum absolute atomic E-state index is 0.429. The lowest BCUT2D eigenvalue weighted by Crippen LogP contribution is -2.44. The third-order valence-corrected chi connectivity index (χ3v) is 2.66. The molecule has 0 aromatic carbocycles. The molecule has 2 fully saturated rings. The summed E-state index contributed by atoms with van der Waals surface area (Å²) in [7, 11) is 0. The molecule has 56 valence electrons. The van der Waals surface area contributed by atoms with Crippen molar-refractivity contribution in [1.29, 1.82) is 0 Å². The molecule has 2 aliphatic rings. The van der Waals surface area contributed by atoms with Crippen molar-refractivity contribution in [3.05, 3.63) is 0 Å². The SMILES string of the molecule is O=C(O)[C@]12CC1CCCN2. The van der Waals surface area contributed by atoms with Crippen molar-refractivity contribution >= 4 is 5.97 Å². The van der Waals surface area contributed by atoms with Gasteiger partial charge >= 0.3 is 5.97 Å². The fraction of sp³-hybridized carbons (Fsp3) is 0.857. The molecule has 2 rings (SSSR count). The second-order valence-electron chi connectivity index (χ2n) is 3.25. The number of carboxylic acid groups (broad SMARTS) is 1. The summed E-state index contributed by atoms with van der Waals surface area (Å²) in [5.74, 6) is -0.226. The van der Waals surface area contributed by atoms with Crippen molar-refractivity contribution in [1.82, 2.24) is 5.32 Å². The standard InChI is InChI=1S/C7H11NO2/c9-6(10)7-4-5(7)2-1-3-8-7/h5,8H,1-4H2,(H,9,10)/t5?,7-/m0/s1. The first-order chi connectivity index (χ1) is 4.76. The van der Waals surface area contributed by atoms with Gasteiger partial charge in [-0.3, -0.25) is 4.79 Å². The van der Waals surface area contributed by atoms with Crippen LogP contribution in [0.1, 0.15) is 19.3 Å². The van der Waals surface area contributed by atoms with Crippen molar-refractivity contribution in [3.8, 4) is 0 Å². The van der Waals surface area contributed by atoms with Crippen LogP contribution in [-0.4, -0.2) is 23.2 Å². The highest BCUT2D eigenvalue weighted by atomic mass is 16.4. The molecule has 0 aromatic rings. The van der Waals surface area contributed by atoms with Gasteiger partial charge in [0.25, 0.3) is 0 Å². The highest BCUT2D eigenvalue weighted by Crippen LogP contribution is 2.48. The normalized spacial score (nSPS) is 44.2. The van der Waals surface area contributed by atoms with Crippen molar-refractivity contribution in [3.63, 3.8) is 0 Å². The van der Waals surface area contributed by atoms with Crippen molar-refractivity contribution in [2.24, 2.45) is 5.92 Å². The van der Waals surface area contributed by atoms with Gasteiger partial charge in [0.2, 0.25) is 0 Å². The maximum Gasteiger partial charge on any atom is 0.324 e. The summed E-state index contributed by atoms with van der Waals surface area (Å²) < 4.78 is 0. The average molecular weight is 141 g/mol. The molecule has 2 atom stereocenters. The van der Waals surface area contributed by atoms with Crippen LogP contribution in [0.2, 0.25) is 0 Å². The van der Waals surface area contributed by atoms with E-state index in [1.165, 1.54) is 0 Å². The summed E-state index contributed by atoms with van der Waals surface area (Å²) in [6.07, 6.45) is 3.08. The van der Waals surface area contributed by atoms with E-state index in [4.69, 9.17) is 5.11 Å². The molecule has 1 aliphatic carbocycles. The van der Waals surface area contributed by atoms with E-state index in [2.05, 4.69) is 5.32 Å². The maximum absolute atomic E-state index is 10.7. The molecule has 2 N–H and O–H groups in total. The number of carboxylic acids is 1. The molecule has 1 saturated carbocycles. The van der Waals surface area contributed by atoms with E-state index in [-0.39, 0.29) is 0 Å². The van der Waals surface area contributed by atoms with Crippen LogP contribution in [0.3, 0.4) is 0 Å². The fourth-order valence-electron chi connectivity index (χ4n) is 1.89. The van der Waals surface area contributed by atoms with Crippen LogP contribution in [0.4, 0.5) is 0 Å². The number of aliphatic carboxylic acids is 1. The van der Waals surface area contributed by atoms with Gasteiger partial charge in [-0.05, 0) is 31.7 Å². The number of fused-ring (bicyclic) bond motifs is 1. The lowest BCUT2D eigenvalue weighted by molar-refractivity contribution is -0.141. The Morgan fingerprint density at radius 2 is 2.50 bits per heavy atom. The maximum atomic E-state index is 10.7. The molecule has 0 radical (unpaired) electrons. The summed E-state index contributed by atoms with van der Waals surface area (Å²) in [6, 6.07) is 0. The zero-order chi connectivity index (χ0) is 7.19. The third kappa shape index (κ3) is 0.611. The van der Waals surface area contributed by atoms with Gasteiger partial charge in [-0.2, -0.15) is 0 Å². The summed E-state index contributed by atoms with van der Waals surface area (Å²) >= 11 is 0. The number of rotatable bonds is 1. The molecule has 3 heteroatoms.